The quantitative estimate of drug-likeness (QED) is 0.722. The number of rotatable bonds is 7. The minimum Gasteiger partial charge on any atom is -0.462 e. The van der Waals surface area contributed by atoms with E-state index in [0.717, 1.165) is 5.56 Å². The Morgan fingerprint density at radius 2 is 2.16 bits per heavy atom. The van der Waals surface area contributed by atoms with Crippen LogP contribution in [0.1, 0.15) is 51.9 Å². The minimum absolute atomic E-state index is 0.187. The van der Waals surface area contributed by atoms with Crippen molar-refractivity contribution in [3.63, 3.8) is 0 Å². The van der Waals surface area contributed by atoms with Crippen LogP contribution in [0.2, 0.25) is 0 Å². The molecule has 2 aromatic rings. The number of aromatic nitrogens is 3. The summed E-state index contributed by atoms with van der Waals surface area (Å²) < 4.78 is 6.67. The lowest BCUT2D eigenvalue weighted by atomic mass is 10.1. The molecule has 0 aliphatic rings. The molecular weight excluding hydrogens is 342 g/mol. The van der Waals surface area contributed by atoms with Gasteiger partial charge in [0.1, 0.15) is 15.9 Å². The van der Waals surface area contributed by atoms with E-state index in [9.17, 15) is 9.59 Å². The zero-order chi connectivity index (χ0) is 18.6. The Bertz CT molecular complexity index is 755. The summed E-state index contributed by atoms with van der Waals surface area (Å²) in [6, 6.07) is -0.839. The van der Waals surface area contributed by atoms with Gasteiger partial charge in [0, 0.05) is 18.8 Å². The summed E-state index contributed by atoms with van der Waals surface area (Å²) in [5, 5.41) is 10.7. The van der Waals surface area contributed by atoms with Crippen molar-refractivity contribution in [3.05, 3.63) is 33.5 Å². The number of likely N-dealkylation sites (N-methyl/N-ethyl adjacent to an activating group) is 1. The van der Waals surface area contributed by atoms with Gasteiger partial charge >= 0.3 is 5.97 Å². The van der Waals surface area contributed by atoms with Crippen molar-refractivity contribution >= 4 is 23.2 Å². The van der Waals surface area contributed by atoms with Gasteiger partial charge in [-0.1, -0.05) is 0 Å². The topological polar surface area (TPSA) is 98.1 Å². The molecule has 0 spiro atoms. The summed E-state index contributed by atoms with van der Waals surface area (Å²) in [7, 11) is 3.51. The first-order valence-corrected chi connectivity index (χ1v) is 8.79. The molecule has 2 heterocycles. The summed E-state index contributed by atoms with van der Waals surface area (Å²) in [4.78, 5) is 29.3. The van der Waals surface area contributed by atoms with E-state index >= 15 is 0 Å². The lowest BCUT2D eigenvalue weighted by Gasteiger charge is -2.17. The summed E-state index contributed by atoms with van der Waals surface area (Å²) in [5.41, 5.74) is 1.38. The van der Waals surface area contributed by atoms with Gasteiger partial charge in [0.05, 0.1) is 24.5 Å². The van der Waals surface area contributed by atoms with Crippen LogP contribution in [0.4, 0.5) is 0 Å². The number of carbonyl (C=O) groups excluding carboxylic acids is 2. The predicted molar refractivity (Wildman–Crippen MR) is 94.4 cm³/mol. The monoisotopic (exact) mass is 365 g/mol. The Morgan fingerprint density at radius 3 is 2.72 bits per heavy atom. The fourth-order valence-electron chi connectivity index (χ4n) is 2.39. The van der Waals surface area contributed by atoms with Crippen LogP contribution >= 0.6 is 11.3 Å². The molecule has 9 heteroatoms. The molecule has 2 rings (SSSR count). The highest BCUT2D eigenvalue weighted by Gasteiger charge is 2.25. The molecular formula is C16H23N5O3S. The van der Waals surface area contributed by atoms with Gasteiger partial charge in [-0.25, -0.2) is 9.78 Å². The van der Waals surface area contributed by atoms with Gasteiger partial charge in [0.15, 0.2) is 0 Å². The first kappa shape index (κ1) is 19.1. The largest absolute Gasteiger partial charge is 0.462 e. The third kappa shape index (κ3) is 4.43. The molecule has 25 heavy (non-hydrogen) atoms. The SMILES string of the molecule is CCOC(=O)c1sc(C(C)NC(=O)C(NC)c2cnn(C)c2)nc1C. The van der Waals surface area contributed by atoms with Gasteiger partial charge in [-0.15, -0.1) is 11.3 Å². The third-order valence-electron chi connectivity index (χ3n) is 3.61. The van der Waals surface area contributed by atoms with Crippen molar-refractivity contribution in [2.24, 2.45) is 7.05 Å². The average molecular weight is 365 g/mol. The second-order valence-electron chi connectivity index (χ2n) is 5.59. The molecule has 1 amide bonds. The van der Waals surface area contributed by atoms with Gasteiger partial charge in [-0.2, -0.15) is 5.10 Å². The van der Waals surface area contributed by atoms with Gasteiger partial charge < -0.3 is 15.4 Å². The van der Waals surface area contributed by atoms with E-state index < -0.39 is 6.04 Å². The number of aryl methyl sites for hydroxylation is 2. The smallest absolute Gasteiger partial charge is 0.350 e. The number of nitrogens with one attached hydrogen (secondary N) is 2. The molecule has 0 fully saturated rings. The molecule has 2 unspecified atom stereocenters. The molecule has 2 N–H and O–H groups in total. The molecule has 136 valence electrons. The number of hydrogen-bond acceptors (Lipinski definition) is 7. The van der Waals surface area contributed by atoms with Crippen LogP contribution < -0.4 is 10.6 Å². The van der Waals surface area contributed by atoms with Crippen molar-refractivity contribution in [2.75, 3.05) is 13.7 Å². The normalized spacial score (nSPS) is 13.3. The third-order valence-corrected chi connectivity index (χ3v) is 4.93. The van der Waals surface area contributed by atoms with E-state index in [-0.39, 0.29) is 17.9 Å². The van der Waals surface area contributed by atoms with E-state index in [1.165, 1.54) is 11.3 Å². The number of hydrogen-bond donors (Lipinski definition) is 2. The van der Waals surface area contributed by atoms with Crippen LogP contribution in [-0.4, -0.2) is 40.3 Å². The maximum Gasteiger partial charge on any atom is 0.350 e. The highest BCUT2D eigenvalue weighted by atomic mass is 32.1. The summed E-state index contributed by atoms with van der Waals surface area (Å²) in [6.07, 6.45) is 3.44. The molecule has 0 saturated carbocycles. The van der Waals surface area contributed by atoms with Crippen molar-refractivity contribution in [1.82, 2.24) is 25.4 Å². The molecule has 2 atom stereocenters. The number of nitrogens with zero attached hydrogens (tertiary/aromatic N) is 3. The molecule has 8 nitrogen and oxygen atoms in total. The van der Waals surface area contributed by atoms with Gasteiger partial charge in [0.2, 0.25) is 5.91 Å². The Kier molecular flexibility index (Phi) is 6.27. The van der Waals surface area contributed by atoms with Gasteiger partial charge in [-0.05, 0) is 27.8 Å². The van der Waals surface area contributed by atoms with Crippen LogP contribution in [-0.2, 0) is 16.6 Å². The summed E-state index contributed by atoms with van der Waals surface area (Å²) in [6.45, 7) is 5.66. The molecule has 0 bridgehead atoms. The van der Waals surface area contributed by atoms with Crippen molar-refractivity contribution < 1.29 is 14.3 Å². The van der Waals surface area contributed by atoms with Crippen LogP contribution in [0.15, 0.2) is 12.4 Å². The zero-order valence-corrected chi connectivity index (χ0v) is 15.8. The van der Waals surface area contributed by atoms with Crippen molar-refractivity contribution in [1.29, 1.82) is 0 Å². The number of thiazole rings is 1. The Labute approximate surface area is 150 Å². The predicted octanol–water partition coefficient (Wildman–Crippen LogP) is 1.50. The average Bonchev–Trinajstić information content (AvgIpc) is 3.14. The fourth-order valence-corrected chi connectivity index (χ4v) is 3.35. The Balaban J connectivity index is 2.10. The van der Waals surface area contributed by atoms with Gasteiger partial charge in [0.25, 0.3) is 0 Å². The fraction of sp³-hybridized carbons (Fsp3) is 0.500. The Hall–Kier alpha value is -2.26. The molecule has 0 aliphatic heterocycles. The molecule has 0 radical (unpaired) electrons. The molecule has 2 aromatic heterocycles. The van der Waals surface area contributed by atoms with Crippen molar-refractivity contribution in [3.8, 4) is 0 Å². The Morgan fingerprint density at radius 1 is 1.44 bits per heavy atom. The first-order valence-electron chi connectivity index (χ1n) is 7.98. The van der Waals surface area contributed by atoms with E-state index in [1.54, 1.807) is 45.0 Å². The highest BCUT2D eigenvalue weighted by molar-refractivity contribution is 7.13. The lowest BCUT2D eigenvalue weighted by Crippen LogP contribution is -2.37. The van der Waals surface area contributed by atoms with Crippen LogP contribution in [0.3, 0.4) is 0 Å². The maximum atomic E-state index is 12.6. The standard InChI is InChI=1S/C16H23N5O3S/c1-6-24-16(23)13-9(2)20-15(25-13)10(3)19-14(22)12(17-4)11-7-18-21(5)8-11/h7-8,10,12,17H,6H2,1-5H3,(H,19,22). The van der Waals surface area contributed by atoms with E-state index in [4.69, 9.17) is 4.74 Å². The summed E-state index contributed by atoms with van der Waals surface area (Å²) in [5.74, 6) is -0.570. The maximum absolute atomic E-state index is 12.6. The second-order valence-corrected chi connectivity index (χ2v) is 6.62. The van der Waals surface area contributed by atoms with Crippen LogP contribution in [0, 0.1) is 6.92 Å². The lowest BCUT2D eigenvalue weighted by molar-refractivity contribution is -0.123. The highest BCUT2D eigenvalue weighted by Crippen LogP contribution is 2.25. The van der Waals surface area contributed by atoms with Crippen LogP contribution in [0.5, 0.6) is 0 Å². The molecule has 0 aliphatic carbocycles. The first-order chi connectivity index (χ1) is 11.9. The van der Waals surface area contributed by atoms with Gasteiger partial charge in [-0.3, -0.25) is 9.48 Å². The number of ether oxygens (including phenoxy) is 1. The second kappa shape index (κ2) is 8.21. The van der Waals surface area contributed by atoms with E-state index in [1.807, 2.05) is 6.92 Å². The number of amides is 1. The zero-order valence-electron chi connectivity index (χ0n) is 15.0. The summed E-state index contributed by atoms with van der Waals surface area (Å²) >= 11 is 1.24. The van der Waals surface area contributed by atoms with E-state index in [2.05, 4.69) is 20.7 Å². The minimum atomic E-state index is -0.512. The van der Waals surface area contributed by atoms with Crippen molar-refractivity contribution in [2.45, 2.75) is 32.9 Å². The molecule has 0 saturated heterocycles. The van der Waals surface area contributed by atoms with Crippen LogP contribution in [0.25, 0.3) is 0 Å². The number of esters is 1. The van der Waals surface area contributed by atoms with E-state index in [0.29, 0.717) is 22.2 Å². The molecule has 0 aromatic carbocycles. The number of carbonyl (C=O) groups is 2.